The molecular formula is C18H17NO2. The Morgan fingerprint density at radius 2 is 1.48 bits per heavy atom. The summed E-state index contributed by atoms with van der Waals surface area (Å²) in [7, 11) is 3.71. The van der Waals surface area contributed by atoms with E-state index < -0.39 is 5.72 Å². The first-order chi connectivity index (χ1) is 10.1. The Morgan fingerprint density at radius 1 is 0.905 bits per heavy atom. The van der Waals surface area contributed by atoms with Gasteiger partial charge < -0.3 is 4.74 Å². The molecule has 0 amide bonds. The fourth-order valence-corrected chi connectivity index (χ4v) is 2.64. The van der Waals surface area contributed by atoms with Crippen molar-refractivity contribution in [3.8, 4) is 0 Å². The molecular weight excluding hydrogens is 262 g/mol. The van der Waals surface area contributed by atoms with Crippen LogP contribution in [0.25, 0.3) is 5.76 Å². The summed E-state index contributed by atoms with van der Waals surface area (Å²) in [6, 6.07) is 19.3. The number of hydrogen-bond donors (Lipinski definition) is 0. The fourth-order valence-electron chi connectivity index (χ4n) is 2.64. The van der Waals surface area contributed by atoms with Crippen molar-refractivity contribution in [2.24, 2.45) is 0 Å². The monoisotopic (exact) mass is 279 g/mol. The van der Waals surface area contributed by atoms with Gasteiger partial charge >= 0.3 is 0 Å². The van der Waals surface area contributed by atoms with Crippen molar-refractivity contribution in [1.82, 2.24) is 4.90 Å². The quantitative estimate of drug-likeness (QED) is 0.865. The topological polar surface area (TPSA) is 29.5 Å². The van der Waals surface area contributed by atoms with Crippen LogP contribution in [-0.4, -0.2) is 24.8 Å². The highest BCUT2D eigenvalue weighted by molar-refractivity contribution is 6.05. The van der Waals surface area contributed by atoms with Gasteiger partial charge in [-0.15, -0.1) is 0 Å². The summed E-state index contributed by atoms with van der Waals surface area (Å²) in [6.45, 7) is 0. The molecule has 1 aliphatic heterocycles. The standard InChI is InChI=1S/C18H17NO2/c1-19(2)18(15-11-7-4-8-12-15)17(20)13-16(21-18)14-9-5-3-6-10-14/h3-13H,1-2H3. The van der Waals surface area contributed by atoms with Crippen molar-refractivity contribution in [2.45, 2.75) is 5.72 Å². The number of nitrogens with zero attached hydrogens (tertiary/aromatic N) is 1. The molecule has 3 rings (SSSR count). The van der Waals surface area contributed by atoms with E-state index >= 15 is 0 Å². The van der Waals surface area contributed by atoms with Crippen LogP contribution in [0.2, 0.25) is 0 Å². The van der Waals surface area contributed by atoms with E-state index in [0.717, 1.165) is 11.1 Å². The lowest BCUT2D eigenvalue weighted by Crippen LogP contribution is -2.46. The van der Waals surface area contributed by atoms with E-state index in [9.17, 15) is 4.79 Å². The average Bonchev–Trinajstić information content (AvgIpc) is 2.88. The number of rotatable bonds is 3. The SMILES string of the molecule is CN(C)C1(c2ccccc2)OC(c2ccccc2)=CC1=O. The smallest absolute Gasteiger partial charge is 0.252 e. The van der Waals surface area contributed by atoms with Crippen LogP contribution in [-0.2, 0) is 15.3 Å². The van der Waals surface area contributed by atoms with Crippen molar-refractivity contribution >= 4 is 11.5 Å². The van der Waals surface area contributed by atoms with Gasteiger partial charge in [0.25, 0.3) is 5.72 Å². The summed E-state index contributed by atoms with van der Waals surface area (Å²) in [6.07, 6.45) is 1.59. The summed E-state index contributed by atoms with van der Waals surface area (Å²) < 4.78 is 6.13. The van der Waals surface area contributed by atoms with E-state index in [0.29, 0.717) is 5.76 Å². The number of likely N-dealkylation sites (N-methyl/N-ethyl adjacent to an activating group) is 1. The van der Waals surface area contributed by atoms with Gasteiger partial charge in [-0.3, -0.25) is 9.69 Å². The molecule has 0 saturated heterocycles. The lowest BCUT2D eigenvalue weighted by atomic mass is 9.98. The molecule has 1 heterocycles. The molecule has 0 N–H and O–H groups in total. The summed E-state index contributed by atoms with van der Waals surface area (Å²) in [5.41, 5.74) is 0.666. The summed E-state index contributed by atoms with van der Waals surface area (Å²) in [5.74, 6) is 0.552. The van der Waals surface area contributed by atoms with Crippen LogP contribution in [0.1, 0.15) is 11.1 Å². The summed E-state index contributed by atoms with van der Waals surface area (Å²) in [4.78, 5) is 14.5. The molecule has 0 spiro atoms. The highest BCUT2D eigenvalue weighted by atomic mass is 16.5. The van der Waals surface area contributed by atoms with Crippen LogP contribution in [0.15, 0.2) is 66.7 Å². The molecule has 1 aliphatic rings. The van der Waals surface area contributed by atoms with Gasteiger partial charge in [0.2, 0.25) is 5.78 Å². The minimum absolute atomic E-state index is 0.0578. The first-order valence-corrected chi connectivity index (χ1v) is 6.88. The third-order valence-corrected chi connectivity index (χ3v) is 3.71. The second-order valence-electron chi connectivity index (χ2n) is 5.25. The van der Waals surface area contributed by atoms with Crippen LogP contribution < -0.4 is 0 Å². The highest BCUT2D eigenvalue weighted by Gasteiger charge is 2.48. The predicted octanol–water partition coefficient (Wildman–Crippen LogP) is 3.04. The van der Waals surface area contributed by atoms with Crippen molar-refractivity contribution in [2.75, 3.05) is 14.1 Å². The Kier molecular flexibility index (Phi) is 3.35. The molecule has 0 aromatic heterocycles. The Hall–Kier alpha value is -2.39. The zero-order chi connectivity index (χ0) is 14.9. The lowest BCUT2D eigenvalue weighted by molar-refractivity contribution is -0.146. The van der Waals surface area contributed by atoms with Crippen LogP contribution in [0.4, 0.5) is 0 Å². The molecule has 21 heavy (non-hydrogen) atoms. The Morgan fingerprint density at radius 3 is 2.05 bits per heavy atom. The normalized spacial score (nSPS) is 21.3. The minimum atomic E-state index is -1.08. The molecule has 0 radical (unpaired) electrons. The number of hydrogen-bond acceptors (Lipinski definition) is 3. The molecule has 2 aromatic carbocycles. The third kappa shape index (κ3) is 2.16. The van der Waals surface area contributed by atoms with Gasteiger partial charge in [-0.1, -0.05) is 60.7 Å². The minimum Gasteiger partial charge on any atom is -0.460 e. The first kappa shape index (κ1) is 13.6. The molecule has 106 valence electrons. The van der Waals surface area contributed by atoms with Gasteiger partial charge in [0.05, 0.1) is 0 Å². The van der Waals surface area contributed by atoms with Gasteiger partial charge in [-0.25, -0.2) is 0 Å². The van der Waals surface area contributed by atoms with Gasteiger partial charge in [-0.2, -0.15) is 0 Å². The van der Waals surface area contributed by atoms with E-state index in [-0.39, 0.29) is 5.78 Å². The molecule has 0 saturated carbocycles. The zero-order valence-electron chi connectivity index (χ0n) is 12.1. The number of carbonyl (C=O) groups excluding carboxylic acids is 1. The number of carbonyl (C=O) groups is 1. The van der Waals surface area contributed by atoms with Gasteiger partial charge in [0.1, 0.15) is 5.76 Å². The molecule has 0 bridgehead atoms. The first-order valence-electron chi connectivity index (χ1n) is 6.88. The maximum Gasteiger partial charge on any atom is 0.252 e. The predicted molar refractivity (Wildman–Crippen MR) is 82.3 cm³/mol. The van der Waals surface area contributed by atoms with Gasteiger partial charge in [0, 0.05) is 17.2 Å². The summed E-state index contributed by atoms with van der Waals surface area (Å²) >= 11 is 0. The van der Waals surface area contributed by atoms with E-state index in [1.807, 2.05) is 79.7 Å². The van der Waals surface area contributed by atoms with Gasteiger partial charge in [-0.05, 0) is 14.1 Å². The number of ketones is 1. The molecule has 2 aromatic rings. The lowest BCUT2D eigenvalue weighted by Gasteiger charge is -2.34. The molecule has 1 atom stereocenters. The van der Waals surface area contributed by atoms with E-state index in [1.54, 1.807) is 6.08 Å². The maximum absolute atomic E-state index is 12.7. The van der Waals surface area contributed by atoms with Crippen molar-refractivity contribution in [3.63, 3.8) is 0 Å². The van der Waals surface area contributed by atoms with Crippen molar-refractivity contribution < 1.29 is 9.53 Å². The molecule has 0 aliphatic carbocycles. The Labute approximate surface area is 124 Å². The zero-order valence-corrected chi connectivity index (χ0v) is 12.1. The number of ether oxygens (including phenoxy) is 1. The van der Waals surface area contributed by atoms with Crippen molar-refractivity contribution in [1.29, 1.82) is 0 Å². The van der Waals surface area contributed by atoms with E-state index in [1.165, 1.54) is 0 Å². The van der Waals surface area contributed by atoms with Crippen LogP contribution in [0, 0.1) is 0 Å². The van der Waals surface area contributed by atoms with Crippen molar-refractivity contribution in [3.05, 3.63) is 77.9 Å². The average molecular weight is 279 g/mol. The van der Waals surface area contributed by atoms with Crippen LogP contribution in [0.3, 0.4) is 0 Å². The van der Waals surface area contributed by atoms with E-state index in [2.05, 4.69) is 0 Å². The van der Waals surface area contributed by atoms with Crippen LogP contribution in [0.5, 0.6) is 0 Å². The molecule has 3 heteroatoms. The maximum atomic E-state index is 12.7. The summed E-state index contributed by atoms with van der Waals surface area (Å²) in [5, 5.41) is 0. The van der Waals surface area contributed by atoms with Gasteiger partial charge in [0.15, 0.2) is 0 Å². The molecule has 1 unspecified atom stereocenters. The molecule has 3 nitrogen and oxygen atoms in total. The third-order valence-electron chi connectivity index (χ3n) is 3.71. The van der Waals surface area contributed by atoms with Crippen LogP contribution >= 0.6 is 0 Å². The second-order valence-corrected chi connectivity index (χ2v) is 5.25. The molecule has 0 fully saturated rings. The Bertz CT molecular complexity index is 677. The fraction of sp³-hybridized carbons (Fsp3) is 0.167. The second kappa shape index (κ2) is 5.19. The largest absolute Gasteiger partial charge is 0.460 e. The Balaban J connectivity index is 2.05. The number of benzene rings is 2. The highest BCUT2D eigenvalue weighted by Crippen LogP contribution is 2.40. The van der Waals surface area contributed by atoms with E-state index in [4.69, 9.17) is 4.74 Å².